The van der Waals surface area contributed by atoms with Crippen molar-refractivity contribution in [3.8, 4) is 0 Å². The van der Waals surface area contributed by atoms with Crippen LogP contribution in [0.5, 0.6) is 0 Å². The maximum absolute atomic E-state index is 8.47. The molecule has 0 heterocycles. The maximum Gasteiger partial charge on any atom is 0.472 e. The smallest absolute Gasteiger partial charge is 0.344 e. The molecular weight excluding hydrogens is 286 g/mol. The minimum absolute atomic E-state index is 0. The van der Waals surface area contributed by atoms with Crippen molar-refractivity contribution in [3.05, 3.63) is 9.81 Å². The Morgan fingerprint density at radius 1 is 0.615 bits per heavy atom. The topological polar surface area (TPSA) is 261 Å². The third-order valence-corrected chi connectivity index (χ3v) is 0. The molecule has 0 aromatic carbocycles. The van der Waals surface area contributed by atoms with Gasteiger partial charge in [-0.15, -0.1) is 0 Å². The van der Waals surface area contributed by atoms with Gasteiger partial charge in [0.05, 0.1) is 0 Å². The van der Waals surface area contributed by atoms with Crippen LogP contribution >= 0.6 is 0 Å². The Hall–Kier alpha value is -1.10. The van der Waals surface area contributed by atoms with Crippen LogP contribution in [0.25, 0.3) is 0 Å². The standard InChI is InChI=1S/2H2NO3.4H3N.Pd/c2*2-1(3)4;;;;;/h2*(H2,2,3,4);4*1H3;/q2*+1;;;;;. The molecule has 90 valence electrons. The fourth-order valence-corrected chi connectivity index (χ4v) is 0. The molecule has 0 spiro atoms. The monoisotopic (exact) mass is 302 g/mol. The second kappa shape index (κ2) is 44.5. The van der Waals surface area contributed by atoms with Gasteiger partial charge >= 0.3 is 10.2 Å². The first-order valence-electron chi connectivity index (χ1n) is 1.17. The van der Waals surface area contributed by atoms with Crippen LogP contribution < -0.4 is 24.6 Å². The van der Waals surface area contributed by atoms with E-state index in [4.69, 9.17) is 30.6 Å². The maximum atomic E-state index is 8.47. The molecule has 0 fully saturated rings. The quantitative estimate of drug-likeness (QED) is 0.214. The Bertz CT molecular complexity index is 75.1. The third-order valence-electron chi connectivity index (χ3n) is 0. The molecule has 0 aliphatic heterocycles. The average molecular weight is 303 g/mol. The number of rotatable bonds is 0. The van der Waals surface area contributed by atoms with E-state index in [9.17, 15) is 0 Å². The first-order valence-corrected chi connectivity index (χ1v) is 1.17. The van der Waals surface area contributed by atoms with Gasteiger partial charge in [-0.05, 0) is 0 Å². The normalized spacial score (nSPS) is 3.69. The fraction of sp³-hybridized carbons (Fsp3) is 0. The number of hydrogen-bond donors (Lipinski definition) is 8. The molecule has 12 nitrogen and oxygen atoms in total. The second-order valence-electron chi connectivity index (χ2n) is 0.505. The van der Waals surface area contributed by atoms with Crippen LogP contribution in [0, 0.1) is 9.81 Å². The Morgan fingerprint density at radius 2 is 0.615 bits per heavy atom. The predicted octanol–water partition coefficient (Wildman–Crippen LogP) is -0.267. The van der Waals surface area contributed by atoms with Crippen LogP contribution in [0.2, 0.25) is 0 Å². The molecule has 0 aromatic rings. The van der Waals surface area contributed by atoms with Crippen LogP contribution in [0.1, 0.15) is 0 Å². The summed E-state index contributed by atoms with van der Waals surface area (Å²) in [6.45, 7) is 0. The van der Waals surface area contributed by atoms with E-state index in [1.165, 1.54) is 0 Å². The van der Waals surface area contributed by atoms with E-state index in [1.807, 2.05) is 0 Å². The Kier molecular flexibility index (Phi) is 201. The average Bonchev–Trinajstić information content (AvgIpc) is 1.25. The summed E-state index contributed by atoms with van der Waals surface area (Å²) in [5.41, 5.74) is 0. The molecule has 0 saturated heterocycles. The Morgan fingerprint density at radius 3 is 0.615 bits per heavy atom. The molecule has 0 saturated carbocycles. The zero-order valence-electron chi connectivity index (χ0n) is 6.64. The molecule has 0 aliphatic carbocycles. The number of hydrogen-bond acceptors (Lipinski definition) is 6. The van der Waals surface area contributed by atoms with Gasteiger partial charge in [0.2, 0.25) is 0 Å². The molecule has 16 N–H and O–H groups in total. The summed E-state index contributed by atoms with van der Waals surface area (Å²) in [5, 5.41) is 25.1. The van der Waals surface area contributed by atoms with Gasteiger partial charge in [0, 0.05) is 20.4 Å². The largest absolute Gasteiger partial charge is 0.472 e. The second-order valence-corrected chi connectivity index (χ2v) is 0.505. The molecular formula is H16N6O6Pd+2. The number of nitrogens with zero attached hydrogens (tertiary/aromatic N) is 2. The summed E-state index contributed by atoms with van der Waals surface area (Å²) in [6.07, 6.45) is 0. The fourth-order valence-electron chi connectivity index (χ4n) is 0. The van der Waals surface area contributed by atoms with Crippen molar-refractivity contribution in [3.63, 3.8) is 0 Å². The van der Waals surface area contributed by atoms with E-state index in [1.54, 1.807) is 0 Å². The first kappa shape index (κ1) is 58.9. The summed E-state index contributed by atoms with van der Waals surface area (Å²) in [6, 6.07) is 0. The van der Waals surface area contributed by atoms with Crippen LogP contribution in [0.4, 0.5) is 0 Å². The molecule has 0 amide bonds. The van der Waals surface area contributed by atoms with Gasteiger partial charge in [-0.3, -0.25) is 0 Å². The van der Waals surface area contributed by atoms with Crippen molar-refractivity contribution in [1.29, 1.82) is 0 Å². The summed E-state index contributed by atoms with van der Waals surface area (Å²) < 4.78 is 0. The molecule has 0 aliphatic rings. The van der Waals surface area contributed by atoms with Gasteiger partial charge < -0.3 is 24.6 Å². The van der Waals surface area contributed by atoms with Crippen LogP contribution in [-0.4, -0.2) is 31.0 Å². The first-order chi connectivity index (χ1) is 3.46. The minimum atomic E-state index is -1.25. The van der Waals surface area contributed by atoms with Crippen molar-refractivity contribution >= 4 is 0 Å². The van der Waals surface area contributed by atoms with Crippen LogP contribution in [0.15, 0.2) is 0 Å². The Balaban J connectivity index is -0.00000000800. The molecule has 0 rings (SSSR count). The van der Waals surface area contributed by atoms with E-state index in [0.717, 1.165) is 0 Å². The Labute approximate surface area is 86.5 Å². The van der Waals surface area contributed by atoms with E-state index in [-0.39, 0.29) is 45.0 Å². The molecule has 13 heteroatoms. The van der Waals surface area contributed by atoms with Gasteiger partial charge in [0.1, 0.15) is 9.81 Å². The van der Waals surface area contributed by atoms with E-state index >= 15 is 0 Å². The van der Waals surface area contributed by atoms with Gasteiger partial charge in [0.15, 0.2) is 0 Å². The zero-order chi connectivity index (χ0) is 7.15. The van der Waals surface area contributed by atoms with E-state index < -0.39 is 10.2 Å². The summed E-state index contributed by atoms with van der Waals surface area (Å²) in [5.74, 6) is 0. The summed E-state index contributed by atoms with van der Waals surface area (Å²) in [4.78, 5) is 16.9. The molecule has 0 radical (unpaired) electrons. The predicted molar refractivity (Wildman–Crippen MR) is 34.5 cm³/mol. The SMILES string of the molecule is N.N.N.N.O=[N+](O)O.O=[N+](O)O.[Pd]. The van der Waals surface area contributed by atoms with E-state index in [0.29, 0.717) is 0 Å². The van der Waals surface area contributed by atoms with E-state index in [2.05, 4.69) is 0 Å². The molecule has 13 heavy (non-hydrogen) atoms. The molecule has 0 atom stereocenters. The van der Waals surface area contributed by atoms with Gasteiger partial charge in [-0.25, -0.2) is 20.8 Å². The van der Waals surface area contributed by atoms with Crippen LogP contribution in [-0.2, 0) is 20.4 Å². The molecule has 0 unspecified atom stereocenters. The van der Waals surface area contributed by atoms with Crippen molar-refractivity contribution < 1.29 is 51.4 Å². The summed E-state index contributed by atoms with van der Waals surface area (Å²) >= 11 is 0. The van der Waals surface area contributed by atoms with Crippen molar-refractivity contribution in [2.24, 2.45) is 0 Å². The van der Waals surface area contributed by atoms with Crippen molar-refractivity contribution in [2.45, 2.75) is 0 Å². The minimum Gasteiger partial charge on any atom is -0.344 e. The van der Waals surface area contributed by atoms with Gasteiger partial charge in [-0.1, -0.05) is 0 Å². The summed E-state index contributed by atoms with van der Waals surface area (Å²) in [7, 11) is 0. The van der Waals surface area contributed by atoms with Crippen molar-refractivity contribution in [2.75, 3.05) is 0 Å². The molecule has 0 aromatic heterocycles. The van der Waals surface area contributed by atoms with Crippen LogP contribution in [0.3, 0.4) is 0 Å². The van der Waals surface area contributed by atoms with Crippen molar-refractivity contribution in [1.82, 2.24) is 24.6 Å². The third kappa shape index (κ3) is 717. The van der Waals surface area contributed by atoms with Gasteiger partial charge in [0.25, 0.3) is 0 Å². The molecule has 0 bridgehead atoms. The zero-order valence-corrected chi connectivity index (χ0v) is 8.20. The van der Waals surface area contributed by atoms with Gasteiger partial charge in [-0.2, -0.15) is 0 Å².